The molecular weight excluding hydrogens is 338 g/mol. The van der Waals surface area contributed by atoms with Crippen molar-refractivity contribution in [3.05, 3.63) is 40.1 Å². The fourth-order valence-electron chi connectivity index (χ4n) is 3.52. The van der Waals surface area contributed by atoms with Crippen molar-refractivity contribution in [2.45, 2.75) is 32.0 Å². The maximum Gasteiger partial charge on any atom is 0.246 e. The van der Waals surface area contributed by atoms with Gasteiger partial charge in [-0.1, -0.05) is 0 Å². The Morgan fingerprint density at radius 3 is 2.96 bits per heavy atom. The number of H-pyrrole nitrogens is 1. The number of hydrogen-bond donors (Lipinski definition) is 2. The van der Waals surface area contributed by atoms with E-state index in [1.54, 1.807) is 28.8 Å². The predicted molar refractivity (Wildman–Crippen MR) is 94.1 cm³/mol. The van der Waals surface area contributed by atoms with E-state index in [1.807, 2.05) is 0 Å². The summed E-state index contributed by atoms with van der Waals surface area (Å²) in [6.07, 6.45) is 3.72. The molecule has 2 atom stereocenters. The molecule has 0 bridgehead atoms. The molecule has 2 N–H and O–H groups in total. The molecule has 2 saturated heterocycles. The van der Waals surface area contributed by atoms with E-state index in [4.69, 9.17) is 0 Å². The van der Waals surface area contributed by atoms with E-state index in [0.717, 1.165) is 18.8 Å². The molecule has 4 heterocycles. The van der Waals surface area contributed by atoms with Gasteiger partial charge in [0.2, 0.25) is 11.8 Å². The molecular formula is C17H21N5O2S. The molecule has 25 heavy (non-hydrogen) atoms. The third-order valence-corrected chi connectivity index (χ3v) is 5.99. The zero-order chi connectivity index (χ0) is 17.4. The quantitative estimate of drug-likeness (QED) is 0.835. The first-order valence-corrected chi connectivity index (χ1v) is 9.33. The van der Waals surface area contributed by atoms with Gasteiger partial charge in [0.05, 0.1) is 6.33 Å². The van der Waals surface area contributed by atoms with Crippen LogP contribution >= 0.6 is 11.3 Å². The van der Waals surface area contributed by atoms with Crippen LogP contribution < -0.4 is 5.32 Å². The summed E-state index contributed by atoms with van der Waals surface area (Å²) in [6.45, 7) is 4.93. The number of nitrogens with zero attached hydrogens (tertiary/aromatic N) is 3. The number of piperazine rings is 2. The number of imidazole rings is 1. The third-order valence-electron chi connectivity index (χ3n) is 4.98. The fourth-order valence-corrected chi connectivity index (χ4v) is 4.47. The molecule has 8 heteroatoms. The Balaban J connectivity index is 1.43. The van der Waals surface area contributed by atoms with Gasteiger partial charge in [-0.15, -0.1) is 11.3 Å². The zero-order valence-corrected chi connectivity index (χ0v) is 14.9. The van der Waals surface area contributed by atoms with Crippen LogP contribution in [0.15, 0.2) is 24.0 Å². The summed E-state index contributed by atoms with van der Waals surface area (Å²) in [6, 6.07) is 1.22. The van der Waals surface area contributed by atoms with E-state index >= 15 is 0 Å². The highest BCUT2D eigenvalue weighted by Gasteiger charge is 2.43. The molecule has 2 fully saturated rings. The average Bonchev–Trinajstić information content (AvgIpc) is 3.25. The third kappa shape index (κ3) is 3.19. The number of thiophene rings is 1. The van der Waals surface area contributed by atoms with Crippen molar-refractivity contribution < 1.29 is 9.59 Å². The number of nitrogens with one attached hydrogen (secondary N) is 2. The SMILES string of the molecule is Cc1ccsc1CN1CCN2C(=O)[C@H](Cc3cnc[nH]3)NC(=O)[C@H]2C1. The molecule has 7 nitrogen and oxygen atoms in total. The van der Waals surface area contributed by atoms with Crippen molar-refractivity contribution in [2.24, 2.45) is 0 Å². The lowest BCUT2D eigenvalue weighted by Gasteiger charge is -2.45. The normalized spacial score (nSPS) is 24.3. The van der Waals surface area contributed by atoms with Crippen LogP contribution in [0.1, 0.15) is 16.1 Å². The predicted octanol–water partition coefficient (Wildman–Crippen LogP) is 0.534. The summed E-state index contributed by atoms with van der Waals surface area (Å²) < 4.78 is 0. The van der Waals surface area contributed by atoms with E-state index in [9.17, 15) is 9.59 Å². The lowest BCUT2D eigenvalue weighted by atomic mass is 10.0. The number of carbonyl (C=O) groups excluding carboxylic acids is 2. The van der Waals surface area contributed by atoms with E-state index in [-0.39, 0.29) is 17.9 Å². The van der Waals surface area contributed by atoms with E-state index in [0.29, 0.717) is 19.5 Å². The molecule has 0 unspecified atom stereocenters. The summed E-state index contributed by atoms with van der Waals surface area (Å²) >= 11 is 1.74. The van der Waals surface area contributed by atoms with E-state index in [1.165, 1.54) is 10.4 Å². The molecule has 2 amide bonds. The maximum atomic E-state index is 12.8. The number of fused-ring (bicyclic) bond motifs is 1. The Morgan fingerprint density at radius 1 is 1.36 bits per heavy atom. The van der Waals surface area contributed by atoms with Gasteiger partial charge < -0.3 is 15.2 Å². The van der Waals surface area contributed by atoms with Crippen molar-refractivity contribution in [3.63, 3.8) is 0 Å². The van der Waals surface area contributed by atoms with Gasteiger partial charge in [0.25, 0.3) is 0 Å². The molecule has 0 aromatic carbocycles. The number of rotatable bonds is 4. The Kier molecular flexibility index (Phi) is 4.30. The van der Waals surface area contributed by atoms with Gasteiger partial charge >= 0.3 is 0 Å². The standard InChI is InChI=1S/C17H21N5O2S/c1-11-2-5-25-15(11)9-21-3-4-22-14(8-21)16(23)20-13(17(22)24)6-12-7-18-10-19-12/h2,5,7,10,13-14H,3-4,6,8-9H2,1H3,(H,18,19)(H,20,23)/t13-,14+/m0/s1. The second-order valence-electron chi connectivity index (χ2n) is 6.65. The van der Waals surface area contributed by atoms with Crippen molar-refractivity contribution in [1.29, 1.82) is 0 Å². The molecule has 2 aliphatic rings. The molecule has 0 radical (unpaired) electrons. The van der Waals surface area contributed by atoms with Gasteiger partial charge in [0.15, 0.2) is 0 Å². The van der Waals surface area contributed by atoms with Crippen LogP contribution in [0.5, 0.6) is 0 Å². The van der Waals surface area contributed by atoms with Crippen LogP contribution in [0.4, 0.5) is 0 Å². The minimum Gasteiger partial charge on any atom is -0.348 e. The second-order valence-corrected chi connectivity index (χ2v) is 7.65. The summed E-state index contributed by atoms with van der Waals surface area (Å²) in [7, 11) is 0. The number of aryl methyl sites for hydroxylation is 1. The van der Waals surface area contributed by atoms with Crippen LogP contribution in [0.2, 0.25) is 0 Å². The smallest absolute Gasteiger partial charge is 0.246 e. The molecule has 0 aliphatic carbocycles. The van der Waals surface area contributed by atoms with Crippen molar-refractivity contribution in [2.75, 3.05) is 19.6 Å². The fraction of sp³-hybridized carbons (Fsp3) is 0.471. The van der Waals surface area contributed by atoms with Gasteiger partial charge in [0, 0.05) is 49.4 Å². The minimum atomic E-state index is -0.504. The number of aromatic amines is 1. The van der Waals surface area contributed by atoms with Crippen LogP contribution in [0, 0.1) is 6.92 Å². The average molecular weight is 359 g/mol. The van der Waals surface area contributed by atoms with Gasteiger partial charge in [-0.25, -0.2) is 4.98 Å². The van der Waals surface area contributed by atoms with Gasteiger partial charge in [-0.05, 0) is 23.9 Å². The highest BCUT2D eigenvalue weighted by atomic mass is 32.1. The lowest BCUT2D eigenvalue weighted by Crippen LogP contribution is -2.69. The van der Waals surface area contributed by atoms with E-state index in [2.05, 4.69) is 38.6 Å². The molecule has 2 aromatic heterocycles. The van der Waals surface area contributed by atoms with Crippen LogP contribution in [-0.2, 0) is 22.6 Å². The number of hydrogen-bond acceptors (Lipinski definition) is 5. The van der Waals surface area contributed by atoms with Gasteiger partial charge in [0.1, 0.15) is 12.1 Å². The van der Waals surface area contributed by atoms with E-state index < -0.39 is 6.04 Å². The first-order valence-electron chi connectivity index (χ1n) is 8.45. The van der Waals surface area contributed by atoms with Gasteiger partial charge in [-0.3, -0.25) is 14.5 Å². The Labute approximate surface area is 150 Å². The molecule has 0 saturated carbocycles. The molecule has 0 spiro atoms. The Morgan fingerprint density at radius 2 is 2.24 bits per heavy atom. The molecule has 132 valence electrons. The molecule has 4 rings (SSSR count). The summed E-state index contributed by atoms with van der Waals surface area (Å²) in [5, 5.41) is 4.99. The summed E-state index contributed by atoms with van der Waals surface area (Å²) in [5.41, 5.74) is 2.14. The topological polar surface area (TPSA) is 81.3 Å². The minimum absolute atomic E-state index is 0.00570. The number of aromatic nitrogens is 2. The molecule has 2 aromatic rings. The van der Waals surface area contributed by atoms with Gasteiger partial charge in [-0.2, -0.15) is 0 Å². The Hall–Kier alpha value is -2.19. The lowest BCUT2D eigenvalue weighted by molar-refractivity contribution is -0.153. The van der Waals surface area contributed by atoms with Crippen molar-refractivity contribution >= 4 is 23.2 Å². The van der Waals surface area contributed by atoms with Crippen LogP contribution in [-0.4, -0.2) is 63.3 Å². The van der Waals surface area contributed by atoms with Crippen molar-refractivity contribution in [1.82, 2.24) is 25.1 Å². The maximum absolute atomic E-state index is 12.8. The number of carbonyl (C=O) groups is 2. The zero-order valence-electron chi connectivity index (χ0n) is 14.1. The Bertz CT molecular complexity index is 772. The van der Waals surface area contributed by atoms with Crippen LogP contribution in [0.25, 0.3) is 0 Å². The summed E-state index contributed by atoms with van der Waals surface area (Å²) in [5.74, 6) is -0.0529. The highest BCUT2D eigenvalue weighted by Crippen LogP contribution is 2.22. The molecule has 2 aliphatic heterocycles. The highest BCUT2D eigenvalue weighted by molar-refractivity contribution is 7.10. The largest absolute Gasteiger partial charge is 0.348 e. The first-order chi connectivity index (χ1) is 12.1. The first kappa shape index (κ1) is 16.3. The van der Waals surface area contributed by atoms with Crippen LogP contribution in [0.3, 0.4) is 0 Å². The second kappa shape index (κ2) is 6.61. The number of amides is 2. The monoisotopic (exact) mass is 359 g/mol. The van der Waals surface area contributed by atoms with Crippen molar-refractivity contribution in [3.8, 4) is 0 Å². The summed E-state index contributed by atoms with van der Waals surface area (Å²) in [4.78, 5) is 37.6.